The zero-order valence-electron chi connectivity index (χ0n) is 11.5. The highest BCUT2D eigenvalue weighted by atomic mass is 14.5. The molecule has 0 aromatic heterocycles. The van der Waals surface area contributed by atoms with E-state index in [0.717, 1.165) is 6.42 Å². The third-order valence-corrected chi connectivity index (χ3v) is 3.79. The Balaban J connectivity index is 2.31. The molecule has 18 heavy (non-hydrogen) atoms. The smallest absolute Gasteiger partial charge is 0.0178 e. The van der Waals surface area contributed by atoms with Gasteiger partial charge in [-0.05, 0) is 60.6 Å². The van der Waals surface area contributed by atoms with E-state index in [-0.39, 0.29) is 0 Å². The molecule has 0 heterocycles. The lowest BCUT2D eigenvalue weighted by atomic mass is 9.94. The molecule has 2 aromatic carbocycles. The Labute approximate surface area is 110 Å². The van der Waals surface area contributed by atoms with Crippen LogP contribution in [0.25, 0.3) is 0 Å². The van der Waals surface area contributed by atoms with E-state index >= 15 is 0 Å². The maximum atomic E-state index is 5.69. The van der Waals surface area contributed by atoms with Crippen LogP contribution in [-0.2, 0) is 13.0 Å². The van der Waals surface area contributed by atoms with Crippen molar-refractivity contribution in [1.82, 2.24) is 0 Å². The summed E-state index contributed by atoms with van der Waals surface area (Å²) < 4.78 is 0. The van der Waals surface area contributed by atoms with Gasteiger partial charge < -0.3 is 5.73 Å². The highest BCUT2D eigenvalue weighted by molar-refractivity contribution is 5.41. The molecule has 0 saturated carbocycles. The summed E-state index contributed by atoms with van der Waals surface area (Å²) >= 11 is 0. The van der Waals surface area contributed by atoms with Crippen LogP contribution in [0.3, 0.4) is 0 Å². The summed E-state index contributed by atoms with van der Waals surface area (Å²) in [6.07, 6.45) is 0.987. The lowest BCUT2D eigenvalue weighted by molar-refractivity contribution is 1.05. The summed E-state index contributed by atoms with van der Waals surface area (Å²) in [6, 6.07) is 13.0. The summed E-state index contributed by atoms with van der Waals surface area (Å²) in [5.41, 5.74) is 13.8. The van der Waals surface area contributed by atoms with Gasteiger partial charge in [-0.25, -0.2) is 0 Å². The Morgan fingerprint density at radius 3 is 2.33 bits per heavy atom. The molecule has 0 fully saturated rings. The minimum absolute atomic E-state index is 0.611. The molecule has 0 aliphatic carbocycles. The molecule has 2 aromatic rings. The summed E-state index contributed by atoms with van der Waals surface area (Å²) in [5, 5.41) is 0. The molecule has 2 N–H and O–H groups in total. The minimum atomic E-state index is 0.611. The van der Waals surface area contributed by atoms with E-state index in [1.807, 2.05) is 0 Å². The third kappa shape index (κ3) is 2.62. The maximum Gasteiger partial charge on any atom is 0.0178 e. The molecule has 0 spiro atoms. The van der Waals surface area contributed by atoms with Gasteiger partial charge in [0.05, 0.1) is 0 Å². The van der Waals surface area contributed by atoms with Crippen molar-refractivity contribution in [3.63, 3.8) is 0 Å². The van der Waals surface area contributed by atoms with E-state index in [9.17, 15) is 0 Å². The number of aryl methyl sites for hydroxylation is 1. The molecular formula is C17H21N. The van der Waals surface area contributed by atoms with Gasteiger partial charge in [0.2, 0.25) is 0 Å². The zero-order chi connectivity index (χ0) is 13.1. The summed E-state index contributed by atoms with van der Waals surface area (Å²) in [7, 11) is 0. The van der Waals surface area contributed by atoms with Crippen molar-refractivity contribution < 1.29 is 0 Å². The van der Waals surface area contributed by atoms with E-state index in [1.165, 1.54) is 33.4 Å². The SMILES string of the molecule is Cc1ccc(Cc2cccc(CN)c2)c(C)c1C. The first-order valence-corrected chi connectivity index (χ1v) is 6.45. The number of nitrogens with two attached hydrogens (primary N) is 1. The molecule has 0 aliphatic rings. The average Bonchev–Trinajstić information content (AvgIpc) is 2.40. The Bertz CT molecular complexity index is 556. The summed E-state index contributed by atoms with van der Waals surface area (Å²) in [4.78, 5) is 0. The van der Waals surface area contributed by atoms with Gasteiger partial charge in [0.1, 0.15) is 0 Å². The van der Waals surface area contributed by atoms with Crippen LogP contribution in [-0.4, -0.2) is 0 Å². The number of benzene rings is 2. The van der Waals surface area contributed by atoms with Crippen molar-refractivity contribution in [2.24, 2.45) is 5.73 Å². The van der Waals surface area contributed by atoms with E-state index in [4.69, 9.17) is 5.73 Å². The number of rotatable bonds is 3. The second-order valence-electron chi connectivity index (χ2n) is 4.99. The maximum absolute atomic E-state index is 5.69. The second kappa shape index (κ2) is 5.36. The van der Waals surface area contributed by atoms with Gasteiger partial charge in [0.25, 0.3) is 0 Å². The Morgan fingerprint density at radius 2 is 1.61 bits per heavy atom. The van der Waals surface area contributed by atoms with Gasteiger partial charge in [-0.15, -0.1) is 0 Å². The lowest BCUT2D eigenvalue weighted by Crippen LogP contribution is -1.99. The van der Waals surface area contributed by atoms with Crippen LogP contribution >= 0.6 is 0 Å². The van der Waals surface area contributed by atoms with Gasteiger partial charge in [-0.1, -0.05) is 36.4 Å². The fourth-order valence-electron chi connectivity index (χ4n) is 2.29. The molecular weight excluding hydrogens is 218 g/mol. The highest BCUT2D eigenvalue weighted by Gasteiger charge is 2.05. The largest absolute Gasteiger partial charge is 0.326 e. The molecule has 0 saturated heterocycles. The summed E-state index contributed by atoms with van der Waals surface area (Å²) in [5.74, 6) is 0. The molecule has 0 radical (unpaired) electrons. The predicted octanol–water partition coefficient (Wildman–Crippen LogP) is 3.66. The monoisotopic (exact) mass is 239 g/mol. The predicted molar refractivity (Wildman–Crippen MR) is 77.8 cm³/mol. The van der Waals surface area contributed by atoms with Crippen LogP contribution in [0.4, 0.5) is 0 Å². The van der Waals surface area contributed by atoms with Crippen molar-refractivity contribution in [3.05, 3.63) is 69.8 Å². The molecule has 2 rings (SSSR count). The van der Waals surface area contributed by atoms with Gasteiger partial charge in [-0.2, -0.15) is 0 Å². The van der Waals surface area contributed by atoms with Crippen molar-refractivity contribution in [3.8, 4) is 0 Å². The van der Waals surface area contributed by atoms with Crippen LogP contribution in [0.15, 0.2) is 36.4 Å². The molecule has 0 unspecified atom stereocenters. The van der Waals surface area contributed by atoms with Crippen molar-refractivity contribution in [2.75, 3.05) is 0 Å². The Morgan fingerprint density at radius 1 is 0.889 bits per heavy atom. The Kier molecular flexibility index (Phi) is 3.83. The normalized spacial score (nSPS) is 10.7. The molecule has 0 bridgehead atoms. The number of hydrogen-bond acceptors (Lipinski definition) is 1. The fourth-order valence-corrected chi connectivity index (χ4v) is 2.29. The first-order chi connectivity index (χ1) is 8.61. The zero-order valence-corrected chi connectivity index (χ0v) is 11.5. The average molecular weight is 239 g/mol. The molecule has 1 heteroatoms. The molecule has 94 valence electrons. The quantitative estimate of drug-likeness (QED) is 0.869. The first kappa shape index (κ1) is 12.8. The molecule has 1 nitrogen and oxygen atoms in total. The van der Waals surface area contributed by atoms with E-state index in [0.29, 0.717) is 6.54 Å². The third-order valence-electron chi connectivity index (χ3n) is 3.79. The standard InChI is InChI=1S/C17H21N/c1-12-7-8-17(14(3)13(12)2)10-15-5-4-6-16(9-15)11-18/h4-9H,10-11,18H2,1-3H3. The highest BCUT2D eigenvalue weighted by Crippen LogP contribution is 2.20. The van der Waals surface area contributed by atoms with Crippen LogP contribution in [0, 0.1) is 20.8 Å². The fraction of sp³-hybridized carbons (Fsp3) is 0.294. The second-order valence-corrected chi connectivity index (χ2v) is 4.99. The van der Waals surface area contributed by atoms with Gasteiger partial charge >= 0.3 is 0 Å². The van der Waals surface area contributed by atoms with E-state index in [1.54, 1.807) is 0 Å². The first-order valence-electron chi connectivity index (χ1n) is 6.45. The van der Waals surface area contributed by atoms with E-state index < -0.39 is 0 Å². The van der Waals surface area contributed by atoms with Crippen molar-refractivity contribution in [1.29, 1.82) is 0 Å². The van der Waals surface area contributed by atoms with Gasteiger partial charge in [0.15, 0.2) is 0 Å². The molecule has 0 aliphatic heterocycles. The van der Waals surface area contributed by atoms with Crippen LogP contribution in [0.5, 0.6) is 0 Å². The van der Waals surface area contributed by atoms with Gasteiger partial charge in [-0.3, -0.25) is 0 Å². The van der Waals surface area contributed by atoms with Gasteiger partial charge in [0, 0.05) is 6.54 Å². The lowest BCUT2D eigenvalue weighted by Gasteiger charge is -2.12. The molecule has 0 amide bonds. The van der Waals surface area contributed by atoms with Crippen LogP contribution in [0.1, 0.15) is 33.4 Å². The van der Waals surface area contributed by atoms with Crippen molar-refractivity contribution >= 4 is 0 Å². The van der Waals surface area contributed by atoms with Crippen LogP contribution < -0.4 is 5.73 Å². The van der Waals surface area contributed by atoms with Crippen LogP contribution in [0.2, 0.25) is 0 Å². The summed E-state index contributed by atoms with van der Waals surface area (Å²) in [6.45, 7) is 7.19. The topological polar surface area (TPSA) is 26.0 Å². The van der Waals surface area contributed by atoms with E-state index in [2.05, 4.69) is 57.2 Å². The number of hydrogen-bond donors (Lipinski definition) is 1. The minimum Gasteiger partial charge on any atom is -0.326 e. The molecule has 0 atom stereocenters. The van der Waals surface area contributed by atoms with Crippen molar-refractivity contribution in [2.45, 2.75) is 33.7 Å². The Hall–Kier alpha value is -1.60.